The SMILES string of the molecule is Cc1cccc([C@H](c2ccccc2)N2CCC(=O)N2)c1. The van der Waals surface area contributed by atoms with Crippen molar-refractivity contribution in [3.05, 3.63) is 71.3 Å². The highest BCUT2D eigenvalue weighted by molar-refractivity contribution is 5.77. The molecule has 3 rings (SSSR count). The van der Waals surface area contributed by atoms with E-state index in [1.165, 1.54) is 16.7 Å². The topological polar surface area (TPSA) is 32.3 Å². The highest BCUT2D eigenvalue weighted by Gasteiger charge is 2.28. The fraction of sp³-hybridized carbons (Fsp3) is 0.235. The lowest BCUT2D eigenvalue weighted by Gasteiger charge is -2.28. The number of hydrogen-bond donors (Lipinski definition) is 1. The Balaban J connectivity index is 2.01. The maximum Gasteiger partial charge on any atom is 0.235 e. The minimum atomic E-state index is 0.0718. The third-order valence-electron chi connectivity index (χ3n) is 3.63. The number of hydrazine groups is 1. The van der Waals surface area contributed by atoms with Crippen molar-refractivity contribution in [2.24, 2.45) is 0 Å². The third kappa shape index (κ3) is 2.58. The van der Waals surface area contributed by atoms with Crippen LogP contribution in [0, 0.1) is 6.92 Å². The minimum absolute atomic E-state index is 0.0718. The molecule has 20 heavy (non-hydrogen) atoms. The van der Waals surface area contributed by atoms with Crippen LogP contribution in [0.1, 0.15) is 29.2 Å². The zero-order chi connectivity index (χ0) is 13.9. The first kappa shape index (κ1) is 12.9. The monoisotopic (exact) mass is 266 g/mol. The predicted octanol–water partition coefficient (Wildman–Crippen LogP) is 2.82. The van der Waals surface area contributed by atoms with Gasteiger partial charge in [-0.3, -0.25) is 10.2 Å². The van der Waals surface area contributed by atoms with Crippen molar-refractivity contribution in [3.63, 3.8) is 0 Å². The molecule has 0 radical (unpaired) electrons. The summed E-state index contributed by atoms with van der Waals surface area (Å²) in [6, 6.07) is 18.8. The van der Waals surface area contributed by atoms with Crippen LogP contribution >= 0.6 is 0 Å². The van der Waals surface area contributed by atoms with E-state index in [4.69, 9.17) is 0 Å². The molecule has 1 saturated heterocycles. The summed E-state index contributed by atoms with van der Waals surface area (Å²) in [6.07, 6.45) is 0.565. The molecule has 1 amide bonds. The molecule has 0 aliphatic carbocycles. The minimum Gasteiger partial charge on any atom is -0.288 e. The summed E-state index contributed by atoms with van der Waals surface area (Å²) in [5, 5.41) is 2.03. The van der Waals surface area contributed by atoms with Gasteiger partial charge in [0, 0.05) is 13.0 Å². The van der Waals surface area contributed by atoms with Crippen LogP contribution in [-0.2, 0) is 4.79 Å². The van der Waals surface area contributed by atoms with Gasteiger partial charge in [-0.1, -0.05) is 60.2 Å². The molecule has 1 aliphatic rings. The summed E-state index contributed by atoms with van der Waals surface area (Å²) in [5.41, 5.74) is 6.60. The lowest BCUT2D eigenvalue weighted by atomic mass is 9.97. The molecule has 102 valence electrons. The molecule has 1 atom stereocenters. The van der Waals surface area contributed by atoms with Gasteiger partial charge < -0.3 is 0 Å². The summed E-state index contributed by atoms with van der Waals surface area (Å²) in [7, 11) is 0. The number of carbonyl (C=O) groups is 1. The average molecular weight is 266 g/mol. The molecule has 0 saturated carbocycles. The largest absolute Gasteiger partial charge is 0.288 e. The van der Waals surface area contributed by atoms with E-state index in [1.807, 2.05) is 23.2 Å². The number of nitrogens with zero attached hydrogens (tertiary/aromatic N) is 1. The molecule has 1 fully saturated rings. The van der Waals surface area contributed by atoms with Crippen LogP contribution in [0.15, 0.2) is 54.6 Å². The lowest BCUT2D eigenvalue weighted by Crippen LogP contribution is -2.37. The Labute approximate surface area is 119 Å². The van der Waals surface area contributed by atoms with Gasteiger partial charge in [-0.2, -0.15) is 0 Å². The Hall–Kier alpha value is -2.13. The molecule has 1 N–H and O–H groups in total. The number of hydrogen-bond acceptors (Lipinski definition) is 2. The van der Waals surface area contributed by atoms with E-state index in [9.17, 15) is 4.79 Å². The number of benzene rings is 2. The standard InChI is InChI=1S/C17H18N2O/c1-13-6-5-9-15(12-13)17(14-7-3-2-4-8-14)19-11-10-16(20)18-19/h2-9,12,17H,10-11H2,1H3,(H,18,20)/t17-/m0/s1. The fourth-order valence-electron chi connectivity index (χ4n) is 2.72. The first-order chi connectivity index (χ1) is 9.74. The highest BCUT2D eigenvalue weighted by Crippen LogP contribution is 2.29. The Morgan fingerprint density at radius 2 is 1.80 bits per heavy atom. The van der Waals surface area contributed by atoms with Crippen molar-refractivity contribution < 1.29 is 4.79 Å². The Bertz CT molecular complexity index is 609. The number of rotatable bonds is 3. The van der Waals surface area contributed by atoms with Crippen LogP contribution in [0.4, 0.5) is 0 Å². The van der Waals surface area contributed by atoms with Gasteiger partial charge in [0.15, 0.2) is 0 Å². The van der Waals surface area contributed by atoms with Crippen LogP contribution in [0.3, 0.4) is 0 Å². The molecule has 0 spiro atoms. The summed E-state index contributed by atoms with van der Waals surface area (Å²) >= 11 is 0. The number of nitrogens with one attached hydrogen (secondary N) is 1. The summed E-state index contributed by atoms with van der Waals surface area (Å²) in [5.74, 6) is 0.0959. The molecule has 3 heteroatoms. The zero-order valence-electron chi connectivity index (χ0n) is 11.5. The molecule has 1 heterocycles. The molecular weight excluding hydrogens is 248 g/mol. The predicted molar refractivity (Wildman–Crippen MR) is 78.9 cm³/mol. The molecule has 2 aromatic rings. The van der Waals surface area contributed by atoms with Crippen LogP contribution in [0.5, 0.6) is 0 Å². The second-order valence-electron chi connectivity index (χ2n) is 5.21. The van der Waals surface area contributed by atoms with Gasteiger partial charge in [0.2, 0.25) is 5.91 Å². The van der Waals surface area contributed by atoms with Gasteiger partial charge in [0.25, 0.3) is 0 Å². The van der Waals surface area contributed by atoms with Crippen LogP contribution < -0.4 is 5.43 Å². The number of aryl methyl sites for hydroxylation is 1. The van der Waals surface area contributed by atoms with E-state index in [0.717, 1.165) is 6.54 Å². The van der Waals surface area contributed by atoms with Gasteiger partial charge >= 0.3 is 0 Å². The summed E-state index contributed by atoms with van der Waals surface area (Å²) < 4.78 is 0. The van der Waals surface area contributed by atoms with Crippen molar-refractivity contribution in [2.75, 3.05) is 6.54 Å². The smallest absolute Gasteiger partial charge is 0.235 e. The van der Waals surface area contributed by atoms with Gasteiger partial charge in [0.1, 0.15) is 0 Å². The van der Waals surface area contributed by atoms with Crippen LogP contribution in [0.25, 0.3) is 0 Å². The van der Waals surface area contributed by atoms with Gasteiger partial charge in [0.05, 0.1) is 6.04 Å². The quantitative estimate of drug-likeness (QED) is 0.926. The Morgan fingerprint density at radius 3 is 2.45 bits per heavy atom. The lowest BCUT2D eigenvalue weighted by molar-refractivity contribution is -0.121. The van der Waals surface area contributed by atoms with Crippen LogP contribution in [0.2, 0.25) is 0 Å². The molecule has 0 aromatic heterocycles. The van der Waals surface area contributed by atoms with E-state index in [1.54, 1.807) is 0 Å². The fourth-order valence-corrected chi connectivity index (χ4v) is 2.72. The molecule has 0 bridgehead atoms. The van der Waals surface area contributed by atoms with Gasteiger partial charge in [-0.15, -0.1) is 0 Å². The van der Waals surface area contributed by atoms with Gasteiger partial charge in [-0.25, -0.2) is 5.01 Å². The van der Waals surface area contributed by atoms with E-state index < -0.39 is 0 Å². The van der Waals surface area contributed by atoms with E-state index in [2.05, 4.69) is 48.7 Å². The summed E-state index contributed by atoms with van der Waals surface area (Å²) in [6.45, 7) is 2.83. The van der Waals surface area contributed by atoms with Gasteiger partial charge in [-0.05, 0) is 18.1 Å². The maximum absolute atomic E-state index is 11.5. The zero-order valence-corrected chi connectivity index (χ0v) is 11.5. The number of amides is 1. The van der Waals surface area contributed by atoms with Crippen molar-refractivity contribution >= 4 is 5.91 Å². The molecule has 0 unspecified atom stereocenters. The van der Waals surface area contributed by atoms with Crippen molar-refractivity contribution in [2.45, 2.75) is 19.4 Å². The third-order valence-corrected chi connectivity index (χ3v) is 3.63. The summed E-state index contributed by atoms with van der Waals surface area (Å²) in [4.78, 5) is 11.5. The van der Waals surface area contributed by atoms with Crippen LogP contribution in [-0.4, -0.2) is 17.5 Å². The van der Waals surface area contributed by atoms with E-state index >= 15 is 0 Å². The first-order valence-corrected chi connectivity index (χ1v) is 6.92. The van der Waals surface area contributed by atoms with Crippen molar-refractivity contribution in [1.82, 2.24) is 10.4 Å². The maximum atomic E-state index is 11.5. The molecular formula is C17H18N2O. The average Bonchev–Trinajstić information content (AvgIpc) is 2.87. The van der Waals surface area contributed by atoms with Crippen molar-refractivity contribution in [3.8, 4) is 0 Å². The van der Waals surface area contributed by atoms with Crippen molar-refractivity contribution in [1.29, 1.82) is 0 Å². The Kier molecular flexibility index (Phi) is 3.52. The normalized spacial score (nSPS) is 16.9. The Morgan fingerprint density at radius 1 is 1.05 bits per heavy atom. The second kappa shape index (κ2) is 5.47. The highest BCUT2D eigenvalue weighted by atomic mass is 16.2. The van der Waals surface area contributed by atoms with E-state index in [-0.39, 0.29) is 11.9 Å². The number of carbonyl (C=O) groups excluding carboxylic acids is 1. The molecule has 1 aliphatic heterocycles. The second-order valence-corrected chi connectivity index (χ2v) is 5.21. The van der Waals surface area contributed by atoms with E-state index in [0.29, 0.717) is 6.42 Å². The molecule has 2 aromatic carbocycles. The molecule has 3 nitrogen and oxygen atoms in total. The first-order valence-electron chi connectivity index (χ1n) is 6.92.